The number of aromatic nitrogens is 4. The molecule has 2 aromatic rings. The molecule has 122 valence electrons. The lowest BCUT2D eigenvalue weighted by molar-refractivity contribution is -0.143. The van der Waals surface area contributed by atoms with Crippen molar-refractivity contribution in [3.8, 4) is 0 Å². The van der Waals surface area contributed by atoms with Crippen LogP contribution in [0.5, 0.6) is 0 Å². The normalized spacial score (nSPS) is 12.1. The van der Waals surface area contributed by atoms with Gasteiger partial charge in [-0.3, -0.25) is 4.68 Å². The van der Waals surface area contributed by atoms with E-state index in [9.17, 15) is 17.6 Å². The Hall–Kier alpha value is -1.90. The molecule has 0 aliphatic rings. The summed E-state index contributed by atoms with van der Waals surface area (Å²) in [5.41, 5.74) is 1.37. The lowest BCUT2D eigenvalue weighted by Gasteiger charge is -2.11. The summed E-state index contributed by atoms with van der Waals surface area (Å²) in [4.78, 5) is 0. The molecule has 2 heterocycles. The van der Waals surface area contributed by atoms with Crippen molar-refractivity contribution in [2.24, 2.45) is 0 Å². The fourth-order valence-electron chi connectivity index (χ4n) is 2.14. The number of hydrogen-bond acceptors (Lipinski definition) is 3. The minimum Gasteiger partial charge on any atom is -0.307 e. The van der Waals surface area contributed by atoms with Gasteiger partial charge in [-0.1, -0.05) is 0 Å². The predicted octanol–water partition coefficient (Wildman–Crippen LogP) is 2.40. The minimum atomic E-state index is -4.33. The van der Waals surface area contributed by atoms with Crippen molar-refractivity contribution < 1.29 is 17.6 Å². The second-order valence-corrected chi connectivity index (χ2v) is 4.87. The molecule has 0 aromatic carbocycles. The van der Waals surface area contributed by atoms with Crippen LogP contribution in [0.1, 0.15) is 23.9 Å². The molecular weight excluding hydrogens is 302 g/mol. The highest BCUT2D eigenvalue weighted by Gasteiger charge is 2.29. The SMILES string of the molecule is CCn1nc(C)c(CNCc2ccnn2CC(F)(F)F)c1F. The molecule has 0 unspecified atom stereocenters. The van der Waals surface area contributed by atoms with Crippen LogP contribution in [-0.2, 0) is 26.2 Å². The van der Waals surface area contributed by atoms with Gasteiger partial charge in [0.05, 0.1) is 11.4 Å². The predicted molar refractivity (Wildman–Crippen MR) is 71.4 cm³/mol. The third kappa shape index (κ3) is 3.85. The first-order valence-electron chi connectivity index (χ1n) is 6.81. The van der Waals surface area contributed by atoms with Gasteiger partial charge in [-0.15, -0.1) is 0 Å². The number of nitrogens with one attached hydrogen (secondary N) is 1. The molecule has 0 aliphatic carbocycles. The summed E-state index contributed by atoms with van der Waals surface area (Å²) in [6.07, 6.45) is -3.02. The van der Waals surface area contributed by atoms with Crippen LogP contribution in [0.4, 0.5) is 17.6 Å². The van der Waals surface area contributed by atoms with E-state index in [4.69, 9.17) is 0 Å². The van der Waals surface area contributed by atoms with E-state index in [1.807, 2.05) is 0 Å². The summed E-state index contributed by atoms with van der Waals surface area (Å²) < 4.78 is 53.3. The highest BCUT2D eigenvalue weighted by Crippen LogP contribution is 2.18. The number of rotatable bonds is 6. The molecule has 0 bridgehead atoms. The van der Waals surface area contributed by atoms with Crippen molar-refractivity contribution in [2.45, 2.75) is 46.2 Å². The Morgan fingerprint density at radius 2 is 1.95 bits per heavy atom. The van der Waals surface area contributed by atoms with Crippen LogP contribution < -0.4 is 5.32 Å². The van der Waals surface area contributed by atoms with Gasteiger partial charge in [-0.25, -0.2) is 4.68 Å². The van der Waals surface area contributed by atoms with Gasteiger partial charge in [-0.2, -0.15) is 27.8 Å². The topological polar surface area (TPSA) is 47.7 Å². The number of nitrogens with zero attached hydrogens (tertiary/aromatic N) is 4. The van der Waals surface area contributed by atoms with Gasteiger partial charge in [0.25, 0.3) is 0 Å². The molecule has 2 rings (SSSR count). The molecule has 1 N–H and O–H groups in total. The molecule has 9 heteroatoms. The zero-order chi connectivity index (χ0) is 16.3. The zero-order valence-corrected chi connectivity index (χ0v) is 12.3. The van der Waals surface area contributed by atoms with Crippen molar-refractivity contribution in [3.63, 3.8) is 0 Å². The molecule has 0 atom stereocenters. The van der Waals surface area contributed by atoms with Crippen molar-refractivity contribution in [1.29, 1.82) is 0 Å². The second-order valence-electron chi connectivity index (χ2n) is 4.87. The quantitative estimate of drug-likeness (QED) is 0.832. The molecule has 0 saturated carbocycles. The van der Waals surface area contributed by atoms with Crippen LogP contribution in [-0.4, -0.2) is 25.7 Å². The maximum Gasteiger partial charge on any atom is 0.408 e. The molecule has 0 spiro atoms. The number of hydrogen-bond donors (Lipinski definition) is 1. The van der Waals surface area contributed by atoms with Gasteiger partial charge in [0.15, 0.2) is 0 Å². The van der Waals surface area contributed by atoms with Crippen molar-refractivity contribution >= 4 is 0 Å². The highest BCUT2D eigenvalue weighted by atomic mass is 19.4. The lowest BCUT2D eigenvalue weighted by Crippen LogP contribution is -2.23. The van der Waals surface area contributed by atoms with Crippen molar-refractivity contribution in [3.05, 3.63) is 35.2 Å². The van der Waals surface area contributed by atoms with E-state index in [1.165, 1.54) is 16.9 Å². The molecule has 2 aromatic heterocycles. The Labute approximate surface area is 124 Å². The van der Waals surface area contributed by atoms with Crippen LogP contribution in [0, 0.1) is 12.9 Å². The number of halogens is 4. The lowest BCUT2D eigenvalue weighted by atomic mass is 10.2. The summed E-state index contributed by atoms with van der Waals surface area (Å²) in [5.74, 6) is -0.420. The van der Waals surface area contributed by atoms with Gasteiger partial charge in [0.1, 0.15) is 6.54 Å². The standard InChI is InChI=1S/C13H17F4N5/c1-3-21-12(14)11(9(2)20-21)7-18-6-10-4-5-19-22(10)8-13(15,16)17/h4-5,18H,3,6-8H2,1-2H3. The summed E-state index contributed by atoms with van der Waals surface area (Å²) in [6.45, 7) is 3.10. The number of aryl methyl sites for hydroxylation is 2. The van der Waals surface area contributed by atoms with Gasteiger partial charge >= 0.3 is 6.18 Å². The first-order valence-corrected chi connectivity index (χ1v) is 6.81. The van der Waals surface area contributed by atoms with Crippen LogP contribution in [0.25, 0.3) is 0 Å². The van der Waals surface area contributed by atoms with E-state index in [0.29, 0.717) is 23.5 Å². The summed E-state index contributed by atoms with van der Waals surface area (Å²) in [7, 11) is 0. The Morgan fingerprint density at radius 1 is 1.23 bits per heavy atom. The van der Waals surface area contributed by atoms with Crippen LogP contribution >= 0.6 is 0 Å². The van der Waals surface area contributed by atoms with Crippen molar-refractivity contribution in [2.75, 3.05) is 0 Å². The third-order valence-electron chi connectivity index (χ3n) is 3.22. The molecule has 0 saturated heterocycles. The Kier molecular flexibility index (Phi) is 4.84. The molecule has 22 heavy (non-hydrogen) atoms. The molecule has 0 amide bonds. The fraction of sp³-hybridized carbons (Fsp3) is 0.538. The maximum absolute atomic E-state index is 14.0. The van der Waals surface area contributed by atoms with Crippen LogP contribution in [0.15, 0.2) is 12.3 Å². The average molecular weight is 319 g/mol. The van der Waals surface area contributed by atoms with E-state index >= 15 is 0 Å². The van der Waals surface area contributed by atoms with Gasteiger partial charge in [-0.05, 0) is 19.9 Å². The van der Waals surface area contributed by atoms with Crippen LogP contribution in [0.2, 0.25) is 0 Å². The first-order chi connectivity index (χ1) is 10.3. The molecule has 0 aliphatic heterocycles. The Balaban J connectivity index is 1.98. The van der Waals surface area contributed by atoms with Crippen molar-refractivity contribution in [1.82, 2.24) is 24.9 Å². The molecular formula is C13H17F4N5. The third-order valence-corrected chi connectivity index (χ3v) is 3.22. The molecule has 0 radical (unpaired) electrons. The van der Waals surface area contributed by atoms with E-state index in [-0.39, 0.29) is 13.1 Å². The monoisotopic (exact) mass is 319 g/mol. The second kappa shape index (κ2) is 6.47. The largest absolute Gasteiger partial charge is 0.408 e. The summed E-state index contributed by atoms with van der Waals surface area (Å²) in [6, 6.07) is 1.50. The van der Waals surface area contributed by atoms with Crippen LogP contribution in [0.3, 0.4) is 0 Å². The average Bonchev–Trinajstić information content (AvgIpc) is 2.95. The summed E-state index contributed by atoms with van der Waals surface area (Å²) in [5, 5.41) is 10.6. The summed E-state index contributed by atoms with van der Waals surface area (Å²) >= 11 is 0. The van der Waals surface area contributed by atoms with Gasteiger partial charge in [0.2, 0.25) is 5.95 Å². The first kappa shape index (κ1) is 16.5. The minimum absolute atomic E-state index is 0.159. The van der Waals surface area contributed by atoms with E-state index in [1.54, 1.807) is 13.8 Å². The molecule has 0 fully saturated rings. The smallest absolute Gasteiger partial charge is 0.307 e. The van der Waals surface area contributed by atoms with Gasteiger partial charge < -0.3 is 5.32 Å². The zero-order valence-electron chi connectivity index (χ0n) is 12.3. The Morgan fingerprint density at radius 3 is 2.55 bits per heavy atom. The fourth-order valence-corrected chi connectivity index (χ4v) is 2.14. The highest BCUT2D eigenvalue weighted by molar-refractivity contribution is 5.17. The van der Waals surface area contributed by atoms with E-state index in [2.05, 4.69) is 15.5 Å². The molecule has 5 nitrogen and oxygen atoms in total. The van der Waals surface area contributed by atoms with E-state index < -0.39 is 18.7 Å². The van der Waals surface area contributed by atoms with E-state index in [0.717, 1.165) is 4.68 Å². The maximum atomic E-state index is 14.0. The number of alkyl halides is 3. The Bertz CT molecular complexity index is 629. The van der Waals surface area contributed by atoms with Gasteiger partial charge in [0, 0.05) is 31.4 Å².